The van der Waals surface area contributed by atoms with E-state index < -0.39 is 0 Å². The lowest BCUT2D eigenvalue weighted by atomic mass is 10.0. The normalized spacial score (nSPS) is 17.4. The van der Waals surface area contributed by atoms with Crippen LogP contribution in [0.2, 0.25) is 0 Å². The molecule has 0 aromatic carbocycles. The van der Waals surface area contributed by atoms with E-state index in [9.17, 15) is 4.79 Å². The van der Waals surface area contributed by atoms with Gasteiger partial charge in [-0.05, 0) is 31.9 Å². The molecule has 6 heteroatoms. The topological polar surface area (TPSA) is 63.1 Å². The summed E-state index contributed by atoms with van der Waals surface area (Å²) in [6, 6.07) is 6.04. The number of amides is 1. The Morgan fingerprint density at radius 1 is 1.19 bits per heavy atom. The highest BCUT2D eigenvalue weighted by atomic mass is 16.2. The second-order valence-corrected chi connectivity index (χ2v) is 7.40. The Balaban J connectivity index is 1.49. The molecule has 0 saturated carbocycles. The molecule has 6 nitrogen and oxygen atoms in total. The Hall–Kier alpha value is -2.21. The van der Waals surface area contributed by atoms with Gasteiger partial charge in [0.2, 0.25) is 5.91 Å². The highest BCUT2D eigenvalue weighted by Crippen LogP contribution is 2.18. The van der Waals surface area contributed by atoms with Crippen LogP contribution in [0.4, 0.5) is 0 Å². The number of rotatable bonds is 6. The Labute approximate surface area is 155 Å². The largest absolute Gasteiger partial charge is 0.351 e. The number of aromatic nitrogens is 3. The minimum atomic E-state index is -0.235. The summed E-state index contributed by atoms with van der Waals surface area (Å²) in [6.45, 7) is 8.99. The standard InChI is InChI=1S/C20H29N5O/c1-15(2)19-22-10-13-25(19)16(3)20(26)23-17-7-11-24(12-8-17)14-18-6-4-5-9-21-18/h4-6,9-10,13,15-17H,7-8,11-12,14H2,1-3H3,(H,23,26)/t16-/m0/s1. The van der Waals surface area contributed by atoms with Crippen LogP contribution >= 0.6 is 0 Å². The van der Waals surface area contributed by atoms with Crippen LogP contribution in [0.25, 0.3) is 0 Å². The second kappa shape index (κ2) is 8.45. The second-order valence-electron chi connectivity index (χ2n) is 7.40. The van der Waals surface area contributed by atoms with Crippen molar-refractivity contribution in [2.24, 2.45) is 0 Å². The fourth-order valence-electron chi connectivity index (χ4n) is 3.50. The van der Waals surface area contributed by atoms with E-state index in [4.69, 9.17) is 0 Å². The van der Waals surface area contributed by atoms with Crippen molar-refractivity contribution >= 4 is 5.91 Å². The predicted molar refractivity (Wildman–Crippen MR) is 102 cm³/mol. The number of carbonyl (C=O) groups is 1. The molecule has 0 spiro atoms. The van der Waals surface area contributed by atoms with Gasteiger partial charge in [0, 0.05) is 50.2 Å². The molecular weight excluding hydrogens is 326 g/mol. The van der Waals surface area contributed by atoms with Crippen molar-refractivity contribution in [3.8, 4) is 0 Å². The van der Waals surface area contributed by atoms with Crippen molar-refractivity contribution in [1.29, 1.82) is 0 Å². The first kappa shape index (κ1) is 18.6. The zero-order valence-corrected chi connectivity index (χ0v) is 15.9. The molecule has 1 aliphatic heterocycles. The third kappa shape index (κ3) is 4.49. The van der Waals surface area contributed by atoms with E-state index in [-0.39, 0.29) is 18.0 Å². The average molecular weight is 355 g/mol. The van der Waals surface area contributed by atoms with Crippen molar-refractivity contribution in [1.82, 2.24) is 24.8 Å². The minimum Gasteiger partial charge on any atom is -0.351 e. The smallest absolute Gasteiger partial charge is 0.243 e. The Kier molecular flexibility index (Phi) is 6.04. The predicted octanol–water partition coefficient (Wildman–Crippen LogP) is 2.74. The summed E-state index contributed by atoms with van der Waals surface area (Å²) in [5.74, 6) is 1.33. The van der Waals surface area contributed by atoms with Gasteiger partial charge in [-0.25, -0.2) is 4.98 Å². The number of carbonyl (C=O) groups excluding carboxylic acids is 1. The van der Waals surface area contributed by atoms with Gasteiger partial charge in [0.25, 0.3) is 0 Å². The SMILES string of the molecule is CC(C)c1nccn1[C@@H](C)C(=O)NC1CCN(Cc2ccccn2)CC1. The Morgan fingerprint density at radius 2 is 1.96 bits per heavy atom. The highest BCUT2D eigenvalue weighted by molar-refractivity contribution is 5.80. The van der Waals surface area contributed by atoms with Crippen molar-refractivity contribution in [3.05, 3.63) is 48.3 Å². The van der Waals surface area contributed by atoms with Crippen molar-refractivity contribution in [2.75, 3.05) is 13.1 Å². The summed E-state index contributed by atoms with van der Waals surface area (Å²) in [7, 11) is 0. The zero-order valence-electron chi connectivity index (χ0n) is 15.9. The van der Waals surface area contributed by atoms with E-state index in [1.54, 1.807) is 6.20 Å². The van der Waals surface area contributed by atoms with E-state index in [2.05, 4.69) is 40.1 Å². The molecule has 1 atom stereocenters. The molecular formula is C20H29N5O. The number of imidazole rings is 1. The molecule has 1 fully saturated rings. The number of nitrogens with zero attached hydrogens (tertiary/aromatic N) is 4. The average Bonchev–Trinajstić information content (AvgIpc) is 3.13. The molecule has 26 heavy (non-hydrogen) atoms. The summed E-state index contributed by atoms with van der Waals surface area (Å²) < 4.78 is 1.98. The summed E-state index contributed by atoms with van der Waals surface area (Å²) in [4.78, 5) is 23.9. The summed E-state index contributed by atoms with van der Waals surface area (Å²) in [6.07, 6.45) is 7.47. The molecule has 0 unspecified atom stereocenters. The number of likely N-dealkylation sites (tertiary alicyclic amines) is 1. The first-order chi connectivity index (χ1) is 12.5. The molecule has 0 radical (unpaired) electrons. The molecule has 2 aromatic rings. The highest BCUT2D eigenvalue weighted by Gasteiger charge is 2.25. The van der Waals surface area contributed by atoms with Gasteiger partial charge in [0.05, 0.1) is 5.69 Å². The molecule has 0 aliphatic carbocycles. The zero-order chi connectivity index (χ0) is 18.5. The van der Waals surface area contributed by atoms with E-state index >= 15 is 0 Å². The molecule has 1 N–H and O–H groups in total. The van der Waals surface area contributed by atoms with Gasteiger partial charge in [-0.15, -0.1) is 0 Å². The van der Waals surface area contributed by atoms with Gasteiger partial charge in [0.1, 0.15) is 11.9 Å². The Morgan fingerprint density at radius 3 is 2.62 bits per heavy atom. The van der Waals surface area contributed by atoms with Crippen molar-refractivity contribution < 1.29 is 4.79 Å². The first-order valence-electron chi connectivity index (χ1n) is 9.50. The van der Waals surface area contributed by atoms with E-state index in [1.807, 2.05) is 36.0 Å². The fourth-order valence-corrected chi connectivity index (χ4v) is 3.50. The molecule has 1 aliphatic rings. The minimum absolute atomic E-state index is 0.0769. The van der Waals surface area contributed by atoms with Crippen LogP contribution in [0.5, 0.6) is 0 Å². The van der Waals surface area contributed by atoms with Gasteiger partial charge < -0.3 is 9.88 Å². The molecule has 3 heterocycles. The van der Waals surface area contributed by atoms with Crippen molar-refractivity contribution in [2.45, 2.75) is 58.2 Å². The third-order valence-corrected chi connectivity index (χ3v) is 5.06. The lowest BCUT2D eigenvalue weighted by molar-refractivity contribution is -0.125. The Bertz CT molecular complexity index is 704. The quantitative estimate of drug-likeness (QED) is 0.865. The van der Waals surface area contributed by atoms with Crippen LogP contribution < -0.4 is 5.32 Å². The molecule has 2 aromatic heterocycles. The van der Waals surface area contributed by atoms with Crippen molar-refractivity contribution in [3.63, 3.8) is 0 Å². The molecule has 0 bridgehead atoms. The third-order valence-electron chi connectivity index (χ3n) is 5.06. The van der Waals surface area contributed by atoms with E-state index in [1.165, 1.54) is 0 Å². The number of hydrogen-bond acceptors (Lipinski definition) is 4. The number of hydrogen-bond donors (Lipinski definition) is 1. The van der Waals surface area contributed by atoms with Crippen LogP contribution in [0, 0.1) is 0 Å². The maximum absolute atomic E-state index is 12.7. The number of pyridine rings is 1. The van der Waals surface area contributed by atoms with E-state index in [0.717, 1.165) is 44.0 Å². The van der Waals surface area contributed by atoms with Crippen LogP contribution in [0.3, 0.4) is 0 Å². The van der Waals surface area contributed by atoms with E-state index in [0.29, 0.717) is 5.92 Å². The van der Waals surface area contributed by atoms with Gasteiger partial charge in [-0.3, -0.25) is 14.7 Å². The molecule has 1 saturated heterocycles. The molecule has 1 amide bonds. The fraction of sp³-hybridized carbons (Fsp3) is 0.550. The van der Waals surface area contributed by atoms with Gasteiger partial charge in [-0.2, -0.15) is 0 Å². The van der Waals surface area contributed by atoms with Crippen LogP contribution in [0.1, 0.15) is 57.1 Å². The maximum Gasteiger partial charge on any atom is 0.243 e. The van der Waals surface area contributed by atoms with Gasteiger partial charge >= 0.3 is 0 Å². The molecule has 3 rings (SSSR count). The summed E-state index contributed by atoms with van der Waals surface area (Å²) in [5, 5.41) is 3.23. The van der Waals surface area contributed by atoms with Gasteiger partial charge in [-0.1, -0.05) is 19.9 Å². The summed E-state index contributed by atoms with van der Waals surface area (Å²) >= 11 is 0. The maximum atomic E-state index is 12.7. The van der Waals surface area contributed by atoms with Crippen LogP contribution in [-0.4, -0.2) is 44.5 Å². The van der Waals surface area contributed by atoms with Gasteiger partial charge in [0.15, 0.2) is 0 Å². The van der Waals surface area contributed by atoms with Crippen LogP contribution in [0.15, 0.2) is 36.8 Å². The van der Waals surface area contributed by atoms with Crippen LogP contribution in [-0.2, 0) is 11.3 Å². The summed E-state index contributed by atoms with van der Waals surface area (Å²) in [5.41, 5.74) is 1.10. The lowest BCUT2D eigenvalue weighted by Gasteiger charge is -2.32. The number of nitrogens with one attached hydrogen (secondary N) is 1. The first-order valence-corrected chi connectivity index (χ1v) is 9.50. The number of piperidine rings is 1. The lowest BCUT2D eigenvalue weighted by Crippen LogP contribution is -2.46. The monoisotopic (exact) mass is 355 g/mol. The molecule has 140 valence electrons.